The van der Waals surface area contributed by atoms with E-state index < -0.39 is 12.1 Å². The number of para-hydroxylation sites is 1. The second-order valence-electron chi connectivity index (χ2n) is 7.23. The molecule has 0 bridgehead atoms. The number of hydrogen-bond acceptors (Lipinski definition) is 5. The van der Waals surface area contributed by atoms with E-state index in [2.05, 4.69) is 4.98 Å². The first-order valence-electron chi connectivity index (χ1n) is 10.4. The van der Waals surface area contributed by atoms with Crippen molar-refractivity contribution in [2.75, 3.05) is 13.7 Å². The van der Waals surface area contributed by atoms with Crippen LogP contribution in [0, 0.1) is 0 Å². The standard InChI is InChI=1S/C26H22ClNO5/c1-3-32-25-20(27)13-17(14-22(25)31-2)26(30)33-24(16-9-5-4-6-10-16)23(29)19-15-28-21-12-8-7-11-18(19)21/h4-15,24,28H,3H2,1-2H3/t24-/m0/s1. The van der Waals surface area contributed by atoms with Crippen LogP contribution in [0.3, 0.4) is 0 Å². The molecule has 6 nitrogen and oxygen atoms in total. The van der Waals surface area contributed by atoms with Crippen molar-refractivity contribution in [3.05, 3.63) is 94.6 Å². The highest BCUT2D eigenvalue weighted by atomic mass is 35.5. The second kappa shape index (κ2) is 9.79. The van der Waals surface area contributed by atoms with Crippen molar-refractivity contribution in [3.8, 4) is 11.5 Å². The number of hydrogen-bond donors (Lipinski definition) is 1. The minimum Gasteiger partial charge on any atom is -0.493 e. The van der Waals surface area contributed by atoms with Crippen LogP contribution in [0.25, 0.3) is 10.9 Å². The van der Waals surface area contributed by atoms with Crippen LogP contribution in [0.1, 0.15) is 39.3 Å². The average molecular weight is 464 g/mol. The van der Waals surface area contributed by atoms with Gasteiger partial charge >= 0.3 is 5.97 Å². The summed E-state index contributed by atoms with van der Waals surface area (Å²) < 4.78 is 16.6. The van der Waals surface area contributed by atoms with E-state index in [0.29, 0.717) is 29.2 Å². The molecular formula is C26H22ClNO5. The molecule has 0 fully saturated rings. The molecule has 1 aromatic heterocycles. The number of aromatic nitrogens is 1. The van der Waals surface area contributed by atoms with Gasteiger partial charge in [0.2, 0.25) is 5.78 Å². The smallest absolute Gasteiger partial charge is 0.339 e. The van der Waals surface area contributed by atoms with Gasteiger partial charge in [-0.15, -0.1) is 0 Å². The van der Waals surface area contributed by atoms with Gasteiger partial charge in [-0.3, -0.25) is 4.79 Å². The monoisotopic (exact) mass is 463 g/mol. The largest absolute Gasteiger partial charge is 0.493 e. The van der Waals surface area contributed by atoms with Gasteiger partial charge in [0, 0.05) is 28.2 Å². The fourth-order valence-electron chi connectivity index (χ4n) is 3.61. The maximum atomic E-state index is 13.5. The van der Waals surface area contributed by atoms with Gasteiger partial charge in [0.15, 0.2) is 17.6 Å². The van der Waals surface area contributed by atoms with E-state index in [1.807, 2.05) is 37.3 Å². The Morgan fingerprint density at radius 2 is 1.76 bits per heavy atom. The molecule has 1 N–H and O–H groups in total. The lowest BCUT2D eigenvalue weighted by molar-refractivity contribution is 0.0280. The van der Waals surface area contributed by atoms with E-state index in [-0.39, 0.29) is 16.4 Å². The molecule has 4 aromatic rings. The molecule has 0 radical (unpaired) electrons. The summed E-state index contributed by atoms with van der Waals surface area (Å²) >= 11 is 6.31. The summed E-state index contributed by atoms with van der Waals surface area (Å²) in [6.07, 6.45) is 0.488. The molecule has 0 saturated carbocycles. The number of carbonyl (C=O) groups excluding carboxylic acids is 2. The third-order valence-electron chi connectivity index (χ3n) is 5.17. The molecule has 7 heteroatoms. The minimum absolute atomic E-state index is 0.146. The first-order valence-corrected chi connectivity index (χ1v) is 10.8. The molecule has 0 unspecified atom stereocenters. The highest BCUT2D eigenvalue weighted by Gasteiger charge is 2.29. The quantitative estimate of drug-likeness (QED) is 0.256. The Hall–Kier alpha value is -3.77. The summed E-state index contributed by atoms with van der Waals surface area (Å²) in [5, 5.41) is 0.965. The first kappa shape index (κ1) is 22.4. The van der Waals surface area contributed by atoms with Gasteiger partial charge in [-0.1, -0.05) is 60.1 Å². The van der Waals surface area contributed by atoms with Crippen LogP contribution >= 0.6 is 11.6 Å². The van der Waals surface area contributed by atoms with E-state index in [1.165, 1.54) is 19.2 Å². The third kappa shape index (κ3) is 4.56. The van der Waals surface area contributed by atoms with Crippen molar-refractivity contribution in [3.63, 3.8) is 0 Å². The number of halogens is 1. The van der Waals surface area contributed by atoms with Crippen LogP contribution in [0.5, 0.6) is 11.5 Å². The molecule has 1 heterocycles. The molecular weight excluding hydrogens is 442 g/mol. The summed E-state index contributed by atoms with van der Waals surface area (Å²) in [7, 11) is 1.45. The lowest BCUT2D eigenvalue weighted by atomic mass is 9.99. The Kier molecular flexibility index (Phi) is 6.66. The normalized spacial score (nSPS) is 11.7. The Labute approximate surface area is 196 Å². The predicted octanol–water partition coefficient (Wildman–Crippen LogP) is 6.01. The summed E-state index contributed by atoms with van der Waals surface area (Å²) in [5.74, 6) is -0.403. The summed E-state index contributed by atoms with van der Waals surface area (Å²) in [5.41, 5.74) is 1.97. The number of nitrogens with one attached hydrogen (secondary N) is 1. The Morgan fingerprint density at radius 3 is 2.48 bits per heavy atom. The minimum atomic E-state index is -1.14. The van der Waals surface area contributed by atoms with E-state index in [0.717, 1.165) is 10.9 Å². The van der Waals surface area contributed by atoms with E-state index >= 15 is 0 Å². The number of Topliss-reactive ketones (excluding diaryl/α,β-unsaturated/α-hetero) is 1. The topological polar surface area (TPSA) is 77.6 Å². The van der Waals surface area contributed by atoms with Crippen LogP contribution in [0.15, 0.2) is 72.9 Å². The zero-order valence-electron chi connectivity index (χ0n) is 18.1. The van der Waals surface area contributed by atoms with Crippen molar-refractivity contribution in [2.45, 2.75) is 13.0 Å². The number of aromatic amines is 1. The van der Waals surface area contributed by atoms with Crippen LogP contribution in [-0.4, -0.2) is 30.5 Å². The number of carbonyl (C=O) groups is 2. The fourth-order valence-corrected chi connectivity index (χ4v) is 3.88. The number of benzene rings is 3. The number of ketones is 1. The first-order chi connectivity index (χ1) is 16.0. The highest BCUT2D eigenvalue weighted by Crippen LogP contribution is 2.37. The molecule has 168 valence electrons. The lowest BCUT2D eigenvalue weighted by Gasteiger charge is -2.18. The maximum Gasteiger partial charge on any atom is 0.339 e. The third-order valence-corrected chi connectivity index (χ3v) is 5.45. The zero-order valence-corrected chi connectivity index (χ0v) is 18.9. The average Bonchev–Trinajstić information content (AvgIpc) is 3.28. The molecule has 3 aromatic carbocycles. The molecule has 0 spiro atoms. The van der Waals surface area contributed by atoms with E-state index in [9.17, 15) is 9.59 Å². The second-order valence-corrected chi connectivity index (χ2v) is 7.64. The number of esters is 1. The van der Waals surface area contributed by atoms with E-state index in [1.54, 1.807) is 30.5 Å². The van der Waals surface area contributed by atoms with Gasteiger partial charge in [0.05, 0.1) is 24.3 Å². The van der Waals surface area contributed by atoms with Crippen molar-refractivity contribution in [1.29, 1.82) is 0 Å². The van der Waals surface area contributed by atoms with Gasteiger partial charge < -0.3 is 19.2 Å². The van der Waals surface area contributed by atoms with Gasteiger partial charge in [-0.2, -0.15) is 0 Å². The molecule has 33 heavy (non-hydrogen) atoms. The zero-order chi connectivity index (χ0) is 23.4. The van der Waals surface area contributed by atoms with Gasteiger partial charge in [-0.05, 0) is 25.1 Å². The van der Waals surface area contributed by atoms with Crippen LogP contribution in [-0.2, 0) is 4.74 Å². The summed E-state index contributed by atoms with van der Waals surface area (Å²) in [6.45, 7) is 2.20. The van der Waals surface area contributed by atoms with Crippen molar-refractivity contribution >= 4 is 34.3 Å². The van der Waals surface area contributed by atoms with Crippen molar-refractivity contribution in [2.24, 2.45) is 0 Å². The molecule has 0 saturated heterocycles. The Bertz CT molecular complexity index is 1300. The van der Waals surface area contributed by atoms with Crippen LogP contribution in [0.4, 0.5) is 0 Å². The molecule has 0 aliphatic rings. The van der Waals surface area contributed by atoms with E-state index in [4.69, 9.17) is 25.8 Å². The number of H-pyrrole nitrogens is 1. The molecule has 0 amide bonds. The number of methoxy groups -OCH3 is 1. The summed E-state index contributed by atoms with van der Waals surface area (Å²) in [4.78, 5) is 29.8. The lowest BCUT2D eigenvalue weighted by Crippen LogP contribution is -2.20. The van der Waals surface area contributed by atoms with Crippen LogP contribution in [0.2, 0.25) is 5.02 Å². The fraction of sp³-hybridized carbons (Fsp3) is 0.154. The Morgan fingerprint density at radius 1 is 1.03 bits per heavy atom. The molecule has 4 rings (SSSR count). The SMILES string of the molecule is CCOc1c(Cl)cc(C(=O)O[C@H](C(=O)c2c[nH]c3ccccc23)c2ccccc2)cc1OC. The molecule has 0 aliphatic carbocycles. The van der Waals surface area contributed by atoms with Gasteiger partial charge in [0.25, 0.3) is 0 Å². The number of fused-ring (bicyclic) bond motifs is 1. The van der Waals surface area contributed by atoms with Crippen molar-refractivity contribution < 1.29 is 23.8 Å². The maximum absolute atomic E-state index is 13.5. The Balaban J connectivity index is 1.70. The molecule has 1 atom stereocenters. The van der Waals surface area contributed by atoms with Crippen molar-refractivity contribution in [1.82, 2.24) is 4.98 Å². The molecule has 0 aliphatic heterocycles. The van der Waals surface area contributed by atoms with Gasteiger partial charge in [0.1, 0.15) is 0 Å². The van der Waals surface area contributed by atoms with Gasteiger partial charge in [-0.25, -0.2) is 4.79 Å². The summed E-state index contributed by atoms with van der Waals surface area (Å²) in [6, 6.07) is 19.3. The highest BCUT2D eigenvalue weighted by molar-refractivity contribution is 6.32. The number of ether oxygens (including phenoxy) is 3. The number of rotatable bonds is 8. The predicted molar refractivity (Wildman–Crippen MR) is 126 cm³/mol. The van der Waals surface area contributed by atoms with Crippen LogP contribution < -0.4 is 9.47 Å².